The van der Waals surface area contributed by atoms with Crippen LogP contribution in [-0.4, -0.2) is 45.8 Å². The summed E-state index contributed by atoms with van der Waals surface area (Å²) in [5.41, 5.74) is 4.23. The maximum atomic E-state index is 13.5. The largest absolute Gasteiger partial charge is 0.370 e. The van der Waals surface area contributed by atoms with Crippen molar-refractivity contribution in [1.82, 2.24) is 9.80 Å². The summed E-state index contributed by atoms with van der Waals surface area (Å²) >= 11 is 0. The van der Waals surface area contributed by atoms with Crippen LogP contribution in [0.5, 0.6) is 0 Å². The number of alkyl halides is 1. The van der Waals surface area contributed by atoms with Crippen LogP contribution < -0.4 is 0 Å². The highest BCUT2D eigenvalue weighted by Crippen LogP contribution is 2.40. The SMILES string of the molecule is C=C/C=C(\C=C/C)N(C(C)=O)C1CCN(C(O)C2=CCC(F)CC2)C2=C1CCCC2. The van der Waals surface area contributed by atoms with E-state index in [2.05, 4.69) is 11.5 Å². The number of nitrogens with zero attached hydrogens (tertiary/aromatic N) is 2. The minimum Gasteiger partial charge on any atom is -0.370 e. The number of aliphatic hydroxyl groups is 1. The zero-order chi connectivity index (χ0) is 21.7. The van der Waals surface area contributed by atoms with E-state index >= 15 is 0 Å². The van der Waals surface area contributed by atoms with Gasteiger partial charge >= 0.3 is 0 Å². The van der Waals surface area contributed by atoms with Crippen molar-refractivity contribution in [3.05, 3.63) is 59.5 Å². The van der Waals surface area contributed by atoms with Crippen LogP contribution in [0.4, 0.5) is 4.39 Å². The summed E-state index contributed by atoms with van der Waals surface area (Å²) in [6, 6.07) is -0.000734. The zero-order valence-corrected chi connectivity index (χ0v) is 18.3. The molecule has 3 atom stereocenters. The molecule has 0 saturated carbocycles. The Balaban J connectivity index is 1.95. The monoisotopic (exact) mass is 414 g/mol. The number of hydrogen-bond acceptors (Lipinski definition) is 3. The smallest absolute Gasteiger partial charge is 0.224 e. The maximum absolute atomic E-state index is 13.5. The van der Waals surface area contributed by atoms with Crippen LogP contribution in [0, 0.1) is 0 Å². The molecule has 5 heteroatoms. The van der Waals surface area contributed by atoms with Gasteiger partial charge in [0.05, 0.1) is 6.04 Å². The first-order chi connectivity index (χ1) is 14.5. The summed E-state index contributed by atoms with van der Waals surface area (Å²) in [4.78, 5) is 16.7. The molecule has 0 aromatic rings. The summed E-state index contributed by atoms with van der Waals surface area (Å²) in [5, 5.41) is 11.1. The van der Waals surface area contributed by atoms with Gasteiger partial charge in [0.15, 0.2) is 0 Å². The summed E-state index contributed by atoms with van der Waals surface area (Å²) in [7, 11) is 0. The molecular weight excluding hydrogens is 379 g/mol. The van der Waals surface area contributed by atoms with Crippen molar-refractivity contribution in [3.63, 3.8) is 0 Å². The van der Waals surface area contributed by atoms with Gasteiger partial charge in [0, 0.05) is 24.9 Å². The molecule has 0 aromatic carbocycles. The molecule has 0 spiro atoms. The van der Waals surface area contributed by atoms with E-state index in [-0.39, 0.29) is 11.9 Å². The highest BCUT2D eigenvalue weighted by atomic mass is 19.1. The van der Waals surface area contributed by atoms with Gasteiger partial charge < -0.3 is 14.9 Å². The van der Waals surface area contributed by atoms with E-state index in [4.69, 9.17) is 0 Å². The molecule has 2 aliphatic carbocycles. The van der Waals surface area contributed by atoms with Crippen LogP contribution in [-0.2, 0) is 4.79 Å². The van der Waals surface area contributed by atoms with Crippen LogP contribution in [0.15, 0.2) is 59.5 Å². The van der Waals surface area contributed by atoms with Crippen molar-refractivity contribution in [2.75, 3.05) is 6.54 Å². The van der Waals surface area contributed by atoms with Crippen LogP contribution >= 0.6 is 0 Å². The summed E-state index contributed by atoms with van der Waals surface area (Å²) < 4.78 is 13.5. The molecular formula is C25H35FN2O2. The van der Waals surface area contributed by atoms with Gasteiger partial charge in [0.1, 0.15) is 12.4 Å². The number of amides is 1. The second kappa shape index (κ2) is 10.3. The van der Waals surface area contributed by atoms with Crippen molar-refractivity contribution < 1.29 is 14.3 Å². The maximum Gasteiger partial charge on any atom is 0.224 e. The fourth-order valence-corrected chi connectivity index (χ4v) is 5.07. The third-order valence-corrected chi connectivity index (χ3v) is 6.44. The molecule has 0 saturated heterocycles. The Morgan fingerprint density at radius 2 is 2.10 bits per heavy atom. The van der Waals surface area contributed by atoms with Crippen LogP contribution in [0.3, 0.4) is 0 Å². The van der Waals surface area contributed by atoms with Crippen LogP contribution in [0.25, 0.3) is 0 Å². The van der Waals surface area contributed by atoms with E-state index in [9.17, 15) is 14.3 Å². The number of hydrogen-bond donors (Lipinski definition) is 1. The summed E-state index contributed by atoms with van der Waals surface area (Å²) in [5.74, 6) is 0.0154. The van der Waals surface area contributed by atoms with Crippen molar-refractivity contribution in [3.8, 4) is 0 Å². The predicted molar refractivity (Wildman–Crippen MR) is 119 cm³/mol. The Bertz CT molecular complexity index is 780. The number of allylic oxidation sites excluding steroid dienone is 6. The Hall–Kier alpha value is -2.14. The van der Waals surface area contributed by atoms with Gasteiger partial charge in [-0.3, -0.25) is 4.79 Å². The van der Waals surface area contributed by atoms with E-state index in [0.29, 0.717) is 25.8 Å². The number of rotatable bonds is 6. The molecule has 30 heavy (non-hydrogen) atoms. The molecule has 0 bridgehead atoms. The molecule has 1 amide bonds. The van der Waals surface area contributed by atoms with E-state index in [1.165, 1.54) is 11.3 Å². The van der Waals surface area contributed by atoms with Gasteiger partial charge in [-0.15, -0.1) is 0 Å². The highest BCUT2D eigenvalue weighted by Gasteiger charge is 2.37. The first-order valence-electron chi connectivity index (χ1n) is 11.2. The van der Waals surface area contributed by atoms with Crippen molar-refractivity contribution in [2.24, 2.45) is 0 Å². The third kappa shape index (κ3) is 4.77. The zero-order valence-electron chi connectivity index (χ0n) is 18.3. The lowest BCUT2D eigenvalue weighted by Gasteiger charge is -2.46. The normalized spacial score (nSPS) is 26.3. The molecule has 4 nitrogen and oxygen atoms in total. The van der Waals surface area contributed by atoms with Crippen molar-refractivity contribution in [1.29, 1.82) is 0 Å². The minimum atomic E-state index is -0.790. The molecule has 3 unspecified atom stereocenters. The third-order valence-electron chi connectivity index (χ3n) is 6.44. The van der Waals surface area contributed by atoms with Gasteiger partial charge in [-0.2, -0.15) is 0 Å². The Morgan fingerprint density at radius 3 is 2.73 bits per heavy atom. The van der Waals surface area contributed by atoms with Crippen LogP contribution in [0.1, 0.15) is 65.2 Å². The van der Waals surface area contributed by atoms with Gasteiger partial charge in [-0.25, -0.2) is 4.39 Å². The average Bonchev–Trinajstić information content (AvgIpc) is 2.74. The average molecular weight is 415 g/mol. The van der Waals surface area contributed by atoms with Gasteiger partial charge in [-0.05, 0) is 81.6 Å². The van der Waals surface area contributed by atoms with Crippen molar-refractivity contribution in [2.45, 2.75) is 83.7 Å². The molecule has 1 heterocycles. The first-order valence-corrected chi connectivity index (χ1v) is 11.2. The van der Waals surface area contributed by atoms with E-state index in [1.807, 2.05) is 36.1 Å². The lowest BCUT2D eigenvalue weighted by molar-refractivity contribution is -0.128. The minimum absolute atomic E-state index is 0.000734. The number of carbonyl (C=O) groups is 1. The molecule has 0 radical (unpaired) electrons. The standard InChI is InChI=1S/C25H35FN2O2/c1-4-8-21(9-5-2)28(18(3)29)24-16-17-27(23-11-7-6-10-22(23)24)25(30)19-12-14-20(26)15-13-19/h4-5,8-9,12,20,24-25,30H,1,6-7,10-11,13-17H2,2-3H3/b9-5-,21-8+. The molecule has 3 rings (SSSR count). The molecule has 0 fully saturated rings. The summed E-state index contributed by atoms with van der Waals surface area (Å²) in [6.07, 6.45) is 14.2. The van der Waals surface area contributed by atoms with E-state index in [0.717, 1.165) is 43.4 Å². The summed E-state index contributed by atoms with van der Waals surface area (Å²) in [6.45, 7) is 8.05. The number of carbonyl (C=O) groups excluding carboxylic acids is 1. The fraction of sp³-hybridized carbons (Fsp3) is 0.560. The Labute approximate surface area is 180 Å². The van der Waals surface area contributed by atoms with E-state index < -0.39 is 12.4 Å². The predicted octanol–water partition coefficient (Wildman–Crippen LogP) is 5.15. The molecule has 0 aromatic heterocycles. The van der Waals surface area contributed by atoms with Gasteiger partial charge in [0.2, 0.25) is 5.91 Å². The van der Waals surface area contributed by atoms with Gasteiger partial charge in [0.25, 0.3) is 0 Å². The second-order valence-corrected chi connectivity index (χ2v) is 8.42. The lowest BCUT2D eigenvalue weighted by Crippen LogP contribution is -2.49. The second-order valence-electron chi connectivity index (χ2n) is 8.42. The molecule has 3 aliphatic rings. The Morgan fingerprint density at radius 1 is 1.33 bits per heavy atom. The fourth-order valence-electron chi connectivity index (χ4n) is 5.07. The Kier molecular flexibility index (Phi) is 7.70. The van der Waals surface area contributed by atoms with Crippen LogP contribution in [0.2, 0.25) is 0 Å². The number of halogens is 1. The van der Waals surface area contributed by atoms with Gasteiger partial charge in [-0.1, -0.05) is 24.8 Å². The topological polar surface area (TPSA) is 43.8 Å². The molecule has 1 N–H and O–H groups in total. The molecule has 1 aliphatic heterocycles. The first kappa shape index (κ1) is 22.5. The van der Waals surface area contributed by atoms with E-state index in [1.54, 1.807) is 13.0 Å². The highest BCUT2D eigenvalue weighted by molar-refractivity contribution is 5.77. The molecule has 164 valence electrons. The van der Waals surface area contributed by atoms with Crippen molar-refractivity contribution >= 4 is 5.91 Å². The number of aliphatic hydroxyl groups excluding tert-OH is 1. The lowest BCUT2D eigenvalue weighted by atomic mass is 9.84. The quantitative estimate of drug-likeness (QED) is 0.483.